The monoisotopic (exact) mass is 276 g/mol. The first-order valence-corrected chi connectivity index (χ1v) is 6.35. The molecule has 1 fully saturated rings. The normalized spacial score (nSPS) is 15.7. The van der Waals surface area contributed by atoms with E-state index in [1.807, 2.05) is 0 Å². The van der Waals surface area contributed by atoms with E-state index in [0.717, 1.165) is 18.4 Å². The fraction of sp³-hybridized carbons (Fsp3) is 0.357. The molecule has 0 radical (unpaired) electrons. The molecule has 1 aromatic carbocycles. The molecule has 0 heterocycles. The smallest absolute Gasteiger partial charge is 0.320 e. The average Bonchev–Trinajstić information content (AvgIpc) is 3.21. The first kappa shape index (κ1) is 14.2. The van der Waals surface area contributed by atoms with Crippen LogP contribution in [0, 0.1) is 10.1 Å². The number of carboxylic acid groups (broad SMARTS) is 1. The number of carbonyl (C=O) groups is 1. The zero-order chi connectivity index (χ0) is 14.9. The van der Waals surface area contributed by atoms with Gasteiger partial charge < -0.3 is 10.8 Å². The van der Waals surface area contributed by atoms with Crippen LogP contribution in [0.15, 0.2) is 24.8 Å². The molecule has 1 aliphatic carbocycles. The molecule has 1 saturated carbocycles. The van der Waals surface area contributed by atoms with Crippen molar-refractivity contribution < 1.29 is 14.8 Å². The highest BCUT2D eigenvalue weighted by Gasteiger charge is 2.27. The fourth-order valence-electron chi connectivity index (χ4n) is 2.13. The third kappa shape index (κ3) is 3.03. The Morgan fingerprint density at radius 1 is 1.55 bits per heavy atom. The Labute approximate surface area is 116 Å². The standard InChI is InChI=1S/C14H16N2O4/c1-8(6-12(15)14(17)18)11-7-10(9-2-3-9)4-5-13(11)16(19)20/h4-5,7,9,12H,1-3,6,15H2,(H,17,18). The van der Waals surface area contributed by atoms with Crippen molar-refractivity contribution in [3.8, 4) is 0 Å². The number of nitro benzene ring substituents is 1. The molecular formula is C14H16N2O4. The second-order valence-electron chi connectivity index (χ2n) is 5.06. The predicted octanol–water partition coefficient (Wildman–Crippen LogP) is 2.29. The Kier molecular flexibility index (Phi) is 3.85. The lowest BCUT2D eigenvalue weighted by Gasteiger charge is -2.11. The van der Waals surface area contributed by atoms with Gasteiger partial charge in [0.15, 0.2) is 0 Å². The summed E-state index contributed by atoms with van der Waals surface area (Å²) < 4.78 is 0. The van der Waals surface area contributed by atoms with E-state index in [1.165, 1.54) is 6.07 Å². The van der Waals surface area contributed by atoms with E-state index in [1.54, 1.807) is 12.1 Å². The Hall–Kier alpha value is -2.21. The van der Waals surface area contributed by atoms with E-state index in [-0.39, 0.29) is 12.1 Å². The van der Waals surface area contributed by atoms with Crippen LogP contribution in [0.5, 0.6) is 0 Å². The Morgan fingerprint density at radius 3 is 2.70 bits per heavy atom. The first-order valence-electron chi connectivity index (χ1n) is 6.35. The number of rotatable bonds is 6. The summed E-state index contributed by atoms with van der Waals surface area (Å²) in [5.74, 6) is -0.692. The molecule has 2 rings (SSSR count). The maximum atomic E-state index is 11.1. The van der Waals surface area contributed by atoms with Crippen molar-refractivity contribution in [1.29, 1.82) is 0 Å². The SMILES string of the molecule is C=C(CC(N)C(=O)O)c1cc(C2CC2)ccc1[N+](=O)[O-]. The van der Waals surface area contributed by atoms with E-state index in [9.17, 15) is 14.9 Å². The predicted molar refractivity (Wildman–Crippen MR) is 74.3 cm³/mol. The maximum Gasteiger partial charge on any atom is 0.320 e. The van der Waals surface area contributed by atoms with Crippen molar-refractivity contribution in [2.45, 2.75) is 31.2 Å². The number of nitrogens with two attached hydrogens (primary N) is 1. The Bertz CT molecular complexity index is 579. The van der Waals surface area contributed by atoms with E-state index in [0.29, 0.717) is 17.1 Å². The highest BCUT2D eigenvalue weighted by molar-refractivity contribution is 5.79. The van der Waals surface area contributed by atoms with Crippen LogP contribution in [0.25, 0.3) is 5.57 Å². The van der Waals surface area contributed by atoms with Gasteiger partial charge in [0.1, 0.15) is 6.04 Å². The van der Waals surface area contributed by atoms with Gasteiger partial charge in [0.05, 0.1) is 10.5 Å². The van der Waals surface area contributed by atoms with E-state index < -0.39 is 16.9 Å². The summed E-state index contributed by atoms with van der Waals surface area (Å²) in [7, 11) is 0. The number of hydrogen-bond acceptors (Lipinski definition) is 4. The zero-order valence-electron chi connectivity index (χ0n) is 10.9. The molecule has 3 N–H and O–H groups in total. The summed E-state index contributed by atoms with van der Waals surface area (Å²) in [6.45, 7) is 3.76. The summed E-state index contributed by atoms with van der Waals surface area (Å²) in [6, 6.07) is 3.85. The largest absolute Gasteiger partial charge is 0.480 e. The minimum atomic E-state index is -1.15. The molecule has 6 nitrogen and oxygen atoms in total. The van der Waals surface area contributed by atoms with Crippen molar-refractivity contribution in [1.82, 2.24) is 0 Å². The minimum Gasteiger partial charge on any atom is -0.480 e. The Morgan fingerprint density at radius 2 is 2.20 bits per heavy atom. The highest BCUT2D eigenvalue weighted by atomic mass is 16.6. The van der Waals surface area contributed by atoms with Crippen LogP contribution < -0.4 is 5.73 Å². The molecule has 0 bridgehead atoms. The van der Waals surface area contributed by atoms with Gasteiger partial charge in [-0.25, -0.2) is 0 Å². The van der Waals surface area contributed by atoms with E-state index in [2.05, 4.69) is 6.58 Å². The Balaban J connectivity index is 2.31. The van der Waals surface area contributed by atoms with Crippen LogP contribution >= 0.6 is 0 Å². The molecule has 0 saturated heterocycles. The lowest BCUT2D eigenvalue weighted by atomic mass is 9.96. The summed E-state index contributed by atoms with van der Waals surface area (Å²) in [5, 5.41) is 19.9. The fourth-order valence-corrected chi connectivity index (χ4v) is 2.13. The molecule has 1 aliphatic rings. The van der Waals surface area contributed by atoms with Gasteiger partial charge in [0.25, 0.3) is 5.69 Å². The minimum absolute atomic E-state index is 0.00963. The van der Waals surface area contributed by atoms with Crippen molar-refractivity contribution in [2.24, 2.45) is 5.73 Å². The molecular weight excluding hydrogens is 260 g/mol. The van der Waals surface area contributed by atoms with Crippen LogP contribution in [-0.2, 0) is 4.79 Å². The van der Waals surface area contributed by atoms with E-state index in [4.69, 9.17) is 10.8 Å². The van der Waals surface area contributed by atoms with Crippen LogP contribution in [0.1, 0.15) is 36.3 Å². The number of nitro groups is 1. The van der Waals surface area contributed by atoms with Gasteiger partial charge in [-0.1, -0.05) is 12.6 Å². The number of nitrogens with zero attached hydrogens (tertiary/aromatic N) is 1. The first-order chi connectivity index (χ1) is 9.40. The maximum absolute atomic E-state index is 11.1. The lowest BCUT2D eigenvalue weighted by Crippen LogP contribution is -2.30. The van der Waals surface area contributed by atoms with Gasteiger partial charge in [-0.2, -0.15) is 0 Å². The molecule has 1 unspecified atom stereocenters. The van der Waals surface area contributed by atoms with Gasteiger partial charge in [0, 0.05) is 6.07 Å². The molecule has 0 aliphatic heterocycles. The second kappa shape index (κ2) is 5.42. The quantitative estimate of drug-likeness (QED) is 0.612. The van der Waals surface area contributed by atoms with Crippen LogP contribution in [0.4, 0.5) is 5.69 Å². The van der Waals surface area contributed by atoms with Crippen molar-refractivity contribution >= 4 is 17.2 Å². The van der Waals surface area contributed by atoms with Crippen LogP contribution in [-0.4, -0.2) is 22.0 Å². The lowest BCUT2D eigenvalue weighted by molar-refractivity contribution is -0.385. The molecule has 20 heavy (non-hydrogen) atoms. The summed E-state index contributed by atoms with van der Waals surface area (Å²) >= 11 is 0. The average molecular weight is 276 g/mol. The van der Waals surface area contributed by atoms with Gasteiger partial charge in [-0.15, -0.1) is 0 Å². The van der Waals surface area contributed by atoms with Crippen molar-refractivity contribution in [3.05, 3.63) is 46.0 Å². The topological polar surface area (TPSA) is 106 Å². The van der Waals surface area contributed by atoms with Gasteiger partial charge in [-0.3, -0.25) is 14.9 Å². The summed E-state index contributed by atoms with van der Waals surface area (Å²) in [4.78, 5) is 21.3. The highest BCUT2D eigenvalue weighted by Crippen LogP contribution is 2.42. The number of hydrogen-bond donors (Lipinski definition) is 2. The molecule has 6 heteroatoms. The number of aliphatic carboxylic acids is 1. The van der Waals surface area contributed by atoms with Gasteiger partial charge >= 0.3 is 5.97 Å². The molecule has 1 aromatic rings. The zero-order valence-corrected chi connectivity index (χ0v) is 10.9. The van der Waals surface area contributed by atoms with Gasteiger partial charge in [0.2, 0.25) is 0 Å². The van der Waals surface area contributed by atoms with Gasteiger partial charge in [-0.05, 0) is 42.4 Å². The molecule has 1 atom stereocenters. The number of benzene rings is 1. The van der Waals surface area contributed by atoms with Crippen molar-refractivity contribution in [2.75, 3.05) is 0 Å². The van der Waals surface area contributed by atoms with E-state index >= 15 is 0 Å². The van der Waals surface area contributed by atoms with Crippen molar-refractivity contribution in [3.63, 3.8) is 0 Å². The third-order valence-corrected chi connectivity index (χ3v) is 3.43. The summed E-state index contributed by atoms with van der Waals surface area (Å²) in [5.41, 5.74) is 7.21. The van der Waals surface area contributed by atoms with Crippen LogP contribution in [0.2, 0.25) is 0 Å². The molecule has 0 amide bonds. The number of carboxylic acids is 1. The third-order valence-electron chi connectivity index (χ3n) is 3.43. The second-order valence-corrected chi connectivity index (χ2v) is 5.06. The molecule has 106 valence electrons. The molecule has 0 aromatic heterocycles. The molecule has 0 spiro atoms. The summed E-state index contributed by atoms with van der Waals surface area (Å²) in [6.07, 6.45) is 2.15. The van der Waals surface area contributed by atoms with Crippen LogP contribution in [0.3, 0.4) is 0 Å².